The van der Waals surface area contributed by atoms with Crippen molar-refractivity contribution in [2.45, 2.75) is 39.7 Å². The highest BCUT2D eigenvalue weighted by Crippen LogP contribution is 2.39. The van der Waals surface area contributed by atoms with Crippen molar-refractivity contribution in [2.75, 3.05) is 5.32 Å². The molecule has 0 aliphatic heterocycles. The second kappa shape index (κ2) is 7.48. The van der Waals surface area contributed by atoms with Gasteiger partial charge in [0.25, 0.3) is 5.91 Å². The molecule has 1 N–H and O–H groups in total. The van der Waals surface area contributed by atoms with Gasteiger partial charge in [0.1, 0.15) is 4.88 Å². The van der Waals surface area contributed by atoms with Gasteiger partial charge < -0.3 is 10.1 Å². The molecular weight excluding hydrogens is 386 g/mol. The molecule has 0 bridgehead atoms. The molecule has 0 fully saturated rings. The number of fused-ring (bicyclic) bond motifs is 3. The van der Waals surface area contributed by atoms with Gasteiger partial charge in [-0.15, -0.1) is 11.3 Å². The van der Waals surface area contributed by atoms with Crippen LogP contribution in [0.1, 0.15) is 39.1 Å². The summed E-state index contributed by atoms with van der Waals surface area (Å²) in [6.45, 7) is 5.28. The molecule has 0 spiro atoms. The molecule has 2 heterocycles. The number of rotatable bonds is 4. The second-order valence-electron chi connectivity index (χ2n) is 7.33. The molecule has 29 heavy (non-hydrogen) atoms. The van der Waals surface area contributed by atoms with Gasteiger partial charge in [0.15, 0.2) is 6.10 Å². The van der Waals surface area contributed by atoms with Crippen LogP contribution in [-0.4, -0.2) is 27.8 Å². The van der Waals surface area contributed by atoms with E-state index in [-0.39, 0.29) is 5.91 Å². The standard InChI is InChI=1S/C22H23N3O3S/c1-12-19(13(2)25(4)24-12)23-21(26)14(3)28-22(27)18-11-16-10-9-15-7-5-6-8-17(15)20(16)29-18/h5-8,11,14H,9-10H2,1-4H3,(H,23,26)/t14-/m0/s1. The van der Waals surface area contributed by atoms with Gasteiger partial charge in [0.2, 0.25) is 0 Å². The number of aryl methyl sites for hydroxylation is 4. The Morgan fingerprint density at radius 2 is 1.93 bits per heavy atom. The number of carbonyl (C=O) groups is 2. The fourth-order valence-corrected chi connectivity index (χ4v) is 4.78. The van der Waals surface area contributed by atoms with E-state index in [1.54, 1.807) is 11.6 Å². The Hall–Kier alpha value is -2.93. The molecule has 7 heteroatoms. The van der Waals surface area contributed by atoms with Gasteiger partial charge in [0, 0.05) is 11.9 Å². The van der Waals surface area contributed by atoms with Crippen molar-refractivity contribution in [1.82, 2.24) is 9.78 Å². The lowest BCUT2D eigenvalue weighted by Gasteiger charge is -2.15. The second-order valence-corrected chi connectivity index (χ2v) is 8.38. The smallest absolute Gasteiger partial charge is 0.349 e. The van der Waals surface area contributed by atoms with Crippen molar-refractivity contribution >= 4 is 28.9 Å². The van der Waals surface area contributed by atoms with Crippen LogP contribution in [0.25, 0.3) is 10.4 Å². The van der Waals surface area contributed by atoms with E-state index in [2.05, 4.69) is 22.5 Å². The maximum Gasteiger partial charge on any atom is 0.349 e. The lowest BCUT2D eigenvalue weighted by atomic mass is 9.91. The Bertz CT molecular complexity index is 1110. The van der Waals surface area contributed by atoms with Crippen molar-refractivity contribution in [2.24, 2.45) is 7.05 Å². The van der Waals surface area contributed by atoms with E-state index in [4.69, 9.17) is 4.74 Å². The van der Waals surface area contributed by atoms with E-state index in [0.29, 0.717) is 10.6 Å². The predicted molar refractivity (Wildman–Crippen MR) is 113 cm³/mol. The Labute approximate surface area is 173 Å². The summed E-state index contributed by atoms with van der Waals surface area (Å²) in [6, 6.07) is 10.2. The van der Waals surface area contributed by atoms with Gasteiger partial charge in [-0.05, 0) is 56.4 Å². The number of ether oxygens (including phenoxy) is 1. The quantitative estimate of drug-likeness (QED) is 0.660. The Balaban J connectivity index is 1.47. The van der Waals surface area contributed by atoms with Gasteiger partial charge in [-0.25, -0.2) is 4.79 Å². The predicted octanol–water partition coefficient (Wildman–Crippen LogP) is 4.05. The summed E-state index contributed by atoms with van der Waals surface area (Å²) in [4.78, 5) is 26.9. The average Bonchev–Trinajstić information content (AvgIpc) is 3.25. The third-order valence-corrected chi connectivity index (χ3v) is 6.54. The summed E-state index contributed by atoms with van der Waals surface area (Å²) in [7, 11) is 1.82. The van der Waals surface area contributed by atoms with Crippen LogP contribution in [0.4, 0.5) is 5.69 Å². The van der Waals surface area contributed by atoms with Crippen LogP contribution in [0.2, 0.25) is 0 Å². The summed E-state index contributed by atoms with van der Waals surface area (Å²) in [5, 5.41) is 7.10. The maximum atomic E-state index is 12.7. The fourth-order valence-electron chi connectivity index (χ4n) is 3.62. The van der Waals surface area contributed by atoms with Crippen LogP contribution in [-0.2, 0) is 29.4 Å². The molecule has 0 saturated heterocycles. The minimum Gasteiger partial charge on any atom is -0.448 e. The number of anilines is 1. The van der Waals surface area contributed by atoms with E-state index in [1.165, 1.54) is 28.0 Å². The normalized spacial score (nSPS) is 13.4. The van der Waals surface area contributed by atoms with Crippen LogP contribution in [0.3, 0.4) is 0 Å². The number of amides is 1. The maximum absolute atomic E-state index is 12.7. The molecule has 150 valence electrons. The minimum atomic E-state index is -0.909. The first-order chi connectivity index (χ1) is 13.8. The molecule has 3 aromatic rings. The van der Waals surface area contributed by atoms with E-state index in [0.717, 1.165) is 29.1 Å². The van der Waals surface area contributed by atoms with Crippen LogP contribution in [0.5, 0.6) is 0 Å². The molecule has 0 radical (unpaired) electrons. The van der Waals surface area contributed by atoms with Crippen LogP contribution in [0, 0.1) is 13.8 Å². The van der Waals surface area contributed by atoms with E-state index in [9.17, 15) is 9.59 Å². The van der Waals surface area contributed by atoms with Crippen LogP contribution >= 0.6 is 11.3 Å². The molecule has 6 nitrogen and oxygen atoms in total. The third-order valence-electron chi connectivity index (χ3n) is 5.35. The largest absolute Gasteiger partial charge is 0.448 e. The van der Waals surface area contributed by atoms with Crippen molar-refractivity contribution in [1.29, 1.82) is 0 Å². The molecule has 0 saturated carbocycles. The molecule has 1 amide bonds. The fraction of sp³-hybridized carbons (Fsp3) is 0.318. The number of nitrogens with one attached hydrogen (secondary N) is 1. The number of hydrogen-bond acceptors (Lipinski definition) is 5. The first-order valence-corrected chi connectivity index (χ1v) is 10.4. The number of thiophene rings is 1. The van der Waals surface area contributed by atoms with Gasteiger partial charge in [-0.3, -0.25) is 9.48 Å². The summed E-state index contributed by atoms with van der Waals surface area (Å²) >= 11 is 1.43. The zero-order valence-corrected chi connectivity index (χ0v) is 17.7. The van der Waals surface area contributed by atoms with Crippen molar-refractivity contribution in [3.8, 4) is 10.4 Å². The lowest BCUT2D eigenvalue weighted by Crippen LogP contribution is -2.30. The Morgan fingerprint density at radius 3 is 2.66 bits per heavy atom. The van der Waals surface area contributed by atoms with E-state index < -0.39 is 12.1 Å². The van der Waals surface area contributed by atoms with Crippen molar-refractivity contribution in [3.63, 3.8) is 0 Å². The zero-order valence-electron chi connectivity index (χ0n) is 16.9. The Kier molecular flexibility index (Phi) is 5.00. The molecule has 1 aliphatic rings. The van der Waals surface area contributed by atoms with Crippen LogP contribution in [0.15, 0.2) is 30.3 Å². The average molecular weight is 410 g/mol. The van der Waals surface area contributed by atoms with Gasteiger partial charge in [-0.1, -0.05) is 24.3 Å². The summed E-state index contributed by atoms with van der Waals surface area (Å²) in [5.74, 6) is -0.839. The summed E-state index contributed by atoms with van der Waals surface area (Å²) in [6.07, 6.45) is 0.968. The number of benzene rings is 1. The molecule has 1 aliphatic carbocycles. The molecular formula is C22H23N3O3S. The van der Waals surface area contributed by atoms with Gasteiger partial charge in [0.05, 0.1) is 17.1 Å². The van der Waals surface area contributed by atoms with Crippen LogP contribution < -0.4 is 5.32 Å². The summed E-state index contributed by atoms with van der Waals surface area (Å²) < 4.78 is 7.16. The number of hydrogen-bond donors (Lipinski definition) is 1. The SMILES string of the molecule is Cc1nn(C)c(C)c1NC(=O)[C@H](C)OC(=O)c1cc2c(s1)-c1ccccc1CC2. The van der Waals surface area contributed by atoms with Crippen molar-refractivity contribution < 1.29 is 14.3 Å². The number of esters is 1. The Morgan fingerprint density at radius 1 is 1.21 bits per heavy atom. The highest BCUT2D eigenvalue weighted by Gasteiger charge is 2.25. The van der Waals surface area contributed by atoms with E-state index >= 15 is 0 Å². The molecule has 4 rings (SSSR count). The van der Waals surface area contributed by atoms with E-state index in [1.807, 2.05) is 39.1 Å². The highest BCUT2D eigenvalue weighted by molar-refractivity contribution is 7.17. The molecule has 1 aromatic carbocycles. The first kappa shape index (κ1) is 19.4. The van der Waals surface area contributed by atoms with Gasteiger partial charge in [-0.2, -0.15) is 5.10 Å². The number of aromatic nitrogens is 2. The third kappa shape index (κ3) is 3.58. The monoisotopic (exact) mass is 409 g/mol. The van der Waals surface area contributed by atoms with Gasteiger partial charge >= 0.3 is 5.97 Å². The topological polar surface area (TPSA) is 73.2 Å². The summed E-state index contributed by atoms with van der Waals surface area (Å²) in [5.41, 5.74) is 5.88. The lowest BCUT2D eigenvalue weighted by molar-refractivity contribution is -0.123. The van der Waals surface area contributed by atoms with Crippen molar-refractivity contribution in [3.05, 3.63) is 57.7 Å². The number of nitrogens with zero attached hydrogens (tertiary/aromatic N) is 2. The minimum absolute atomic E-state index is 0.371. The molecule has 2 aromatic heterocycles. The zero-order chi connectivity index (χ0) is 20.7. The molecule has 1 atom stereocenters. The molecule has 0 unspecified atom stereocenters. The highest BCUT2D eigenvalue weighted by atomic mass is 32.1. The number of carbonyl (C=O) groups excluding carboxylic acids is 2. The first-order valence-electron chi connectivity index (χ1n) is 9.58.